The zero-order valence-electron chi connectivity index (χ0n) is 31.1. The molecule has 1 unspecified atom stereocenters. The van der Waals surface area contributed by atoms with Crippen molar-refractivity contribution in [2.45, 2.75) is 115 Å². The van der Waals surface area contributed by atoms with Gasteiger partial charge in [-0.3, -0.25) is 23.9 Å². The van der Waals surface area contributed by atoms with Gasteiger partial charge in [0.05, 0.1) is 12.3 Å². The molecule has 288 valence electrons. The van der Waals surface area contributed by atoms with E-state index in [0.29, 0.717) is 11.2 Å². The number of aromatic nitrogens is 3. The maximum Gasteiger partial charge on any atom is 0.459 e. The van der Waals surface area contributed by atoms with Gasteiger partial charge < -0.3 is 29.2 Å². The van der Waals surface area contributed by atoms with Crippen molar-refractivity contribution in [3.05, 3.63) is 54.0 Å². The molecule has 53 heavy (non-hydrogen) atoms. The van der Waals surface area contributed by atoms with Gasteiger partial charge in [0.2, 0.25) is 0 Å². The second-order valence-corrected chi connectivity index (χ2v) is 16.0. The van der Waals surface area contributed by atoms with Crippen molar-refractivity contribution in [2.75, 3.05) is 19.4 Å². The van der Waals surface area contributed by atoms with Crippen LogP contribution >= 0.6 is 7.75 Å². The number of esters is 3. The van der Waals surface area contributed by atoms with Crippen LogP contribution in [-0.4, -0.2) is 82.8 Å². The number of ether oxygens (including phenoxy) is 4. The summed E-state index contributed by atoms with van der Waals surface area (Å²) in [6, 6.07) is 9.18. The van der Waals surface area contributed by atoms with E-state index in [2.05, 4.69) is 40.9 Å². The van der Waals surface area contributed by atoms with Crippen LogP contribution in [0.1, 0.15) is 84.9 Å². The largest absolute Gasteiger partial charge is 0.461 e. The normalized spacial score (nSPS) is 24.1. The zero-order valence-corrected chi connectivity index (χ0v) is 32.0. The summed E-state index contributed by atoms with van der Waals surface area (Å²) in [6.07, 6.45) is 3.01. The summed E-state index contributed by atoms with van der Waals surface area (Å²) >= 11 is 0. The second kappa shape index (κ2) is 16.3. The number of nitrogen functional groups attached to an aromatic ring is 1. The quantitative estimate of drug-likeness (QED) is 0.104. The molecule has 2 aliphatic rings. The first-order chi connectivity index (χ1) is 25.0. The van der Waals surface area contributed by atoms with Crippen molar-refractivity contribution in [2.24, 2.45) is 4.99 Å². The van der Waals surface area contributed by atoms with Gasteiger partial charge in [0.25, 0.3) is 0 Å². The smallest absolute Gasteiger partial charge is 0.459 e. The Hall–Kier alpha value is -4.37. The number of rotatable bonds is 13. The number of nitrogens with one attached hydrogen (secondary N) is 1. The Labute approximate surface area is 308 Å². The third-order valence-corrected chi connectivity index (χ3v) is 10.8. The number of hydrogen-bond donors (Lipinski definition) is 2. The Morgan fingerprint density at radius 2 is 1.75 bits per heavy atom. The number of carbonyl (C=O) groups excluding carboxylic acids is 3. The van der Waals surface area contributed by atoms with Gasteiger partial charge in [0.1, 0.15) is 35.8 Å². The molecule has 1 aromatic carbocycles. The molecule has 3 heterocycles. The highest BCUT2D eigenvalue weighted by Crippen LogP contribution is 2.48. The summed E-state index contributed by atoms with van der Waals surface area (Å²) in [4.78, 5) is 46.6. The summed E-state index contributed by atoms with van der Waals surface area (Å²) in [5, 5.41) is 7.06. The molecule has 0 radical (unpaired) electrons. The Bertz CT molecular complexity index is 1850. The van der Waals surface area contributed by atoms with Crippen LogP contribution in [0.2, 0.25) is 0 Å². The highest BCUT2D eigenvalue weighted by molar-refractivity contribution is 7.52. The van der Waals surface area contributed by atoms with Crippen LogP contribution in [0.25, 0.3) is 5.52 Å². The molecule has 6 atom stereocenters. The van der Waals surface area contributed by atoms with Crippen molar-refractivity contribution in [3.8, 4) is 5.75 Å². The zero-order chi connectivity index (χ0) is 38.6. The van der Waals surface area contributed by atoms with E-state index in [1.165, 1.54) is 44.9 Å². The van der Waals surface area contributed by atoms with Gasteiger partial charge in [-0.05, 0) is 67.9 Å². The van der Waals surface area contributed by atoms with E-state index >= 15 is 0 Å². The topological polar surface area (TPSA) is 204 Å². The summed E-state index contributed by atoms with van der Waals surface area (Å²) in [6.45, 7) is 9.53. The molecule has 2 fully saturated rings. The van der Waals surface area contributed by atoms with E-state index in [9.17, 15) is 18.9 Å². The minimum absolute atomic E-state index is 0.157. The van der Waals surface area contributed by atoms with Crippen molar-refractivity contribution in [3.63, 3.8) is 0 Å². The fourth-order valence-corrected chi connectivity index (χ4v) is 8.09. The molecule has 1 saturated heterocycles. The van der Waals surface area contributed by atoms with Crippen molar-refractivity contribution < 1.29 is 46.9 Å². The highest BCUT2D eigenvalue weighted by atomic mass is 31.2. The molecular formula is C36H49N6O10P. The number of benzene rings is 1. The number of hydrogen-bond acceptors (Lipinski definition) is 14. The van der Waals surface area contributed by atoms with Crippen LogP contribution in [0.4, 0.5) is 5.82 Å². The minimum Gasteiger partial charge on any atom is -0.461 e. The molecule has 3 N–H and O–H groups in total. The third kappa shape index (κ3) is 9.23. The van der Waals surface area contributed by atoms with Crippen LogP contribution in [0.15, 0.2) is 47.7 Å². The monoisotopic (exact) mass is 756 g/mol. The van der Waals surface area contributed by atoms with Crippen LogP contribution in [-0.2, 0) is 53.4 Å². The molecule has 17 heteroatoms. The van der Waals surface area contributed by atoms with E-state index in [4.69, 9.17) is 33.7 Å². The number of fused-ring (bicyclic) bond motifs is 1. The number of nitrogens with zero attached hydrogens (tertiary/aromatic N) is 4. The van der Waals surface area contributed by atoms with Crippen LogP contribution in [0, 0.1) is 0 Å². The maximum atomic E-state index is 14.7. The molecule has 1 aliphatic carbocycles. The first-order valence-electron chi connectivity index (χ1n) is 17.6. The predicted molar refractivity (Wildman–Crippen MR) is 194 cm³/mol. The van der Waals surface area contributed by atoms with Gasteiger partial charge in [-0.25, -0.2) is 14.1 Å². The van der Waals surface area contributed by atoms with E-state index in [1.54, 1.807) is 24.3 Å². The molecule has 5 rings (SSSR count). The molecule has 16 nitrogen and oxygen atoms in total. The lowest BCUT2D eigenvalue weighted by Gasteiger charge is -2.30. The predicted octanol–water partition coefficient (Wildman–Crippen LogP) is 4.82. The number of anilines is 1. The molecular weight excluding hydrogens is 707 g/mol. The average molecular weight is 757 g/mol. The molecule has 0 amide bonds. The summed E-state index contributed by atoms with van der Waals surface area (Å²) in [5.74, 6) is -1.67. The number of carbonyl (C=O) groups is 3. The van der Waals surface area contributed by atoms with E-state index in [1.807, 2.05) is 12.1 Å². The first-order valence-corrected chi connectivity index (χ1v) is 19.2. The fourth-order valence-electron chi connectivity index (χ4n) is 6.59. The lowest BCUT2D eigenvalue weighted by molar-refractivity contribution is -0.165. The lowest BCUT2D eigenvalue weighted by Crippen LogP contribution is -2.47. The molecule has 1 saturated carbocycles. The van der Waals surface area contributed by atoms with Crippen LogP contribution < -0.4 is 15.3 Å². The van der Waals surface area contributed by atoms with E-state index in [-0.39, 0.29) is 23.1 Å². The van der Waals surface area contributed by atoms with Crippen molar-refractivity contribution >= 4 is 43.2 Å². The second-order valence-electron chi connectivity index (χ2n) is 14.3. The summed E-state index contributed by atoms with van der Waals surface area (Å²) in [7, 11) is -2.95. The Morgan fingerprint density at radius 1 is 1.08 bits per heavy atom. The average Bonchev–Trinajstić information content (AvgIpc) is 3.65. The lowest BCUT2D eigenvalue weighted by atomic mass is 9.87. The summed E-state index contributed by atoms with van der Waals surface area (Å²) in [5.41, 5.74) is 5.99. The first kappa shape index (κ1) is 39.8. The molecule has 0 bridgehead atoms. The summed E-state index contributed by atoms with van der Waals surface area (Å²) < 4.78 is 52.0. The molecule has 0 spiro atoms. The molecule has 1 aliphatic heterocycles. The van der Waals surface area contributed by atoms with Gasteiger partial charge in [-0.1, -0.05) is 39.3 Å². The van der Waals surface area contributed by atoms with Crippen LogP contribution in [0.5, 0.6) is 5.75 Å². The Balaban J connectivity index is 1.50. The van der Waals surface area contributed by atoms with Gasteiger partial charge in [0.15, 0.2) is 23.6 Å². The standard InChI is InChI=1S/C36H49N6O10P/c1-22(34(45)50-26-11-9-8-10-12-26)41-53(46,52-27-15-13-25(14-16-27)35(4,5)6)47-19-29-31(48-23(2)43)32(49-24(3)44)36(51-29,20-38-7)30-18-17-28-33(37)39-21-40-42(28)30/h13-18,20-22,26,29,31-32H,8-12,19H2,1-7H3,(H,41,46)(H2,37,39,40)/b38-20-/t22-,29+,31+,32+,36-,53?/m0/s1. The van der Waals surface area contributed by atoms with Gasteiger partial charge in [0, 0.05) is 27.1 Å². The van der Waals surface area contributed by atoms with Gasteiger partial charge in [-0.15, -0.1) is 0 Å². The molecule has 2 aromatic heterocycles. The number of nitrogens with two attached hydrogens (primary N) is 1. The SMILES string of the molecule is C/N=C\[C@@]1(c2ccc3c(N)ncnn23)O[C@H](COP(=O)(N[C@@H](C)C(=O)OC2CCCCC2)Oc2ccc(C(C)(C)C)cc2)[C@@H](OC(C)=O)[C@H]1OC(C)=O. The van der Waals surface area contributed by atoms with E-state index in [0.717, 1.165) is 37.7 Å². The highest BCUT2D eigenvalue weighted by Gasteiger charge is 2.61. The molecule has 3 aromatic rings. The Morgan fingerprint density at radius 3 is 2.38 bits per heavy atom. The maximum absolute atomic E-state index is 14.7. The van der Waals surface area contributed by atoms with Crippen molar-refractivity contribution in [1.82, 2.24) is 19.7 Å². The van der Waals surface area contributed by atoms with Gasteiger partial charge in [-0.2, -0.15) is 10.2 Å². The van der Waals surface area contributed by atoms with Gasteiger partial charge >= 0.3 is 25.7 Å². The van der Waals surface area contributed by atoms with Crippen LogP contribution in [0.3, 0.4) is 0 Å². The Kier molecular flexibility index (Phi) is 12.3. The van der Waals surface area contributed by atoms with Crippen molar-refractivity contribution in [1.29, 1.82) is 0 Å². The third-order valence-electron chi connectivity index (χ3n) is 9.13. The number of aliphatic imine (C=N–C) groups is 1. The fraction of sp³-hybridized carbons (Fsp3) is 0.556. The minimum atomic E-state index is -4.44. The van der Waals surface area contributed by atoms with E-state index < -0.39 is 62.2 Å².